The van der Waals surface area contributed by atoms with Crippen molar-refractivity contribution in [3.8, 4) is 0 Å². The molecule has 1 aromatic carbocycles. The van der Waals surface area contributed by atoms with E-state index in [-0.39, 0.29) is 17.3 Å². The lowest BCUT2D eigenvalue weighted by Gasteiger charge is -2.12. The van der Waals surface area contributed by atoms with Gasteiger partial charge in [0.25, 0.3) is 5.56 Å². The van der Waals surface area contributed by atoms with Crippen molar-refractivity contribution in [2.45, 2.75) is 18.6 Å². The summed E-state index contributed by atoms with van der Waals surface area (Å²) in [7, 11) is 0. The monoisotopic (exact) mass is 394 g/mol. The number of ether oxygens (including phenoxy) is 1. The Balaban J connectivity index is 2.00. The van der Waals surface area contributed by atoms with Gasteiger partial charge in [-0.1, -0.05) is 41.6 Å². The first-order valence-electron chi connectivity index (χ1n) is 7.60. The number of carbonyl (C=O) groups is 1. The molecule has 0 radical (unpaired) electrons. The molecule has 0 bridgehead atoms. The molecule has 0 aliphatic heterocycles. The highest BCUT2D eigenvalue weighted by Crippen LogP contribution is 2.23. The number of thioether (sulfide) groups is 1. The fourth-order valence-electron chi connectivity index (χ4n) is 2.30. The molecular formula is C17H15ClN2O3S2. The molecular weight excluding hydrogens is 380 g/mol. The topological polar surface area (TPSA) is 61.2 Å². The minimum Gasteiger partial charge on any atom is -0.465 e. The van der Waals surface area contributed by atoms with E-state index in [0.29, 0.717) is 33.5 Å². The molecule has 2 heterocycles. The van der Waals surface area contributed by atoms with Crippen LogP contribution in [-0.4, -0.2) is 27.9 Å². The molecule has 0 aliphatic rings. The summed E-state index contributed by atoms with van der Waals surface area (Å²) in [5, 5.41) is 2.89. The number of halogens is 1. The minimum absolute atomic E-state index is 0.0957. The maximum absolute atomic E-state index is 12.9. The second kappa shape index (κ2) is 8.03. The lowest BCUT2D eigenvalue weighted by atomic mass is 10.2. The van der Waals surface area contributed by atoms with Gasteiger partial charge in [-0.3, -0.25) is 14.2 Å². The fraction of sp³-hybridized carbons (Fsp3) is 0.235. The Morgan fingerprint density at radius 1 is 1.36 bits per heavy atom. The summed E-state index contributed by atoms with van der Waals surface area (Å²) >= 11 is 8.78. The first kappa shape index (κ1) is 18.0. The maximum atomic E-state index is 12.9. The van der Waals surface area contributed by atoms with Crippen LogP contribution in [0.3, 0.4) is 0 Å². The molecule has 0 fully saturated rings. The highest BCUT2D eigenvalue weighted by molar-refractivity contribution is 7.99. The predicted molar refractivity (Wildman–Crippen MR) is 102 cm³/mol. The first-order chi connectivity index (χ1) is 12.1. The Labute approximate surface area is 157 Å². The molecule has 0 atom stereocenters. The minimum atomic E-state index is -0.337. The highest BCUT2D eigenvalue weighted by atomic mass is 35.5. The number of esters is 1. The van der Waals surface area contributed by atoms with E-state index in [9.17, 15) is 9.59 Å². The van der Waals surface area contributed by atoms with Gasteiger partial charge in [-0.15, -0.1) is 11.3 Å². The van der Waals surface area contributed by atoms with E-state index >= 15 is 0 Å². The van der Waals surface area contributed by atoms with Crippen molar-refractivity contribution in [3.05, 3.63) is 56.7 Å². The van der Waals surface area contributed by atoms with Crippen LogP contribution in [-0.2, 0) is 16.1 Å². The lowest BCUT2D eigenvalue weighted by molar-refractivity contribution is -0.139. The number of hydrogen-bond acceptors (Lipinski definition) is 6. The van der Waals surface area contributed by atoms with Crippen LogP contribution in [0.4, 0.5) is 0 Å². The zero-order valence-corrected chi connectivity index (χ0v) is 15.8. The van der Waals surface area contributed by atoms with Crippen LogP contribution < -0.4 is 5.56 Å². The standard InChI is InChI=1S/C17H15ClN2O3S2/c1-2-23-14(21)10-25-17-19-13-7-8-24-15(13)16(22)20(17)9-11-5-3-4-6-12(11)18/h3-8H,2,9-10H2,1H3. The van der Waals surface area contributed by atoms with E-state index in [2.05, 4.69) is 4.98 Å². The maximum Gasteiger partial charge on any atom is 0.316 e. The van der Waals surface area contributed by atoms with Gasteiger partial charge in [-0.2, -0.15) is 0 Å². The van der Waals surface area contributed by atoms with E-state index < -0.39 is 0 Å². The molecule has 3 aromatic rings. The SMILES string of the molecule is CCOC(=O)CSc1nc2ccsc2c(=O)n1Cc1ccccc1Cl. The van der Waals surface area contributed by atoms with Gasteiger partial charge in [0.1, 0.15) is 4.70 Å². The number of benzene rings is 1. The normalized spacial score (nSPS) is 11.0. The number of thiophene rings is 1. The summed E-state index contributed by atoms with van der Waals surface area (Å²) in [6.07, 6.45) is 0. The number of hydrogen-bond donors (Lipinski definition) is 0. The summed E-state index contributed by atoms with van der Waals surface area (Å²) in [6.45, 7) is 2.37. The van der Waals surface area contributed by atoms with Crippen molar-refractivity contribution in [1.29, 1.82) is 0 Å². The largest absolute Gasteiger partial charge is 0.465 e. The third-order valence-electron chi connectivity index (χ3n) is 3.44. The van der Waals surface area contributed by atoms with Gasteiger partial charge in [0.2, 0.25) is 0 Å². The summed E-state index contributed by atoms with van der Waals surface area (Å²) in [4.78, 5) is 29.1. The van der Waals surface area contributed by atoms with Gasteiger partial charge in [0.05, 0.1) is 24.4 Å². The average molecular weight is 395 g/mol. The van der Waals surface area contributed by atoms with Crippen molar-refractivity contribution in [2.75, 3.05) is 12.4 Å². The second-order valence-corrected chi connectivity index (χ2v) is 7.37. The lowest BCUT2D eigenvalue weighted by Crippen LogP contribution is -2.24. The molecule has 0 saturated carbocycles. The third-order valence-corrected chi connectivity index (χ3v) is 5.65. The van der Waals surface area contributed by atoms with Crippen LogP contribution in [0.15, 0.2) is 45.7 Å². The van der Waals surface area contributed by atoms with E-state index in [4.69, 9.17) is 16.3 Å². The van der Waals surface area contributed by atoms with Crippen LogP contribution in [0.1, 0.15) is 12.5 Å². The Kier molecular flexibility index (Phi) is 5.78. The van der Waals surface area contributed by atoms with Gasteiger partial charge < -0.3 is 4.74 Å². The Morgan fingerprint density at radius 2 is 2.16 bits per heavy atom. The number of nitrogens with zero attached hydrogens (tertiary/aromatic N) is 2. The van der Waals surface area contributed by atoms with Gasteiger partial charge in [-0.05, 0) is 30.0 Å². The number of rotatable bonds is 6. The molecule has 0 N–H and O–H groups in total. The average Bonchev–Trinajstić information content (AvgIpc) is 3.06. The van der Waals surface area contributed by atoms with Crippen LogP contribution in [0, 0.1) is 0 Å². The van der Waals surface area contributed by atoms with Crippen molar-refractivity contribution in [2.24, 2.45) is 0 Å². The first-order valence-corrected chi connectivity index (χ1v) is 9.84. The van der Waals surface area contributed by atoms with Gasteiger partial charge >= 0.3 is 5.97 Å². The zero-order chi connectivity index (χ0) is 17.8. The molecule has 130 valence electrons. The fourth-order valence-corrected chi connectivity index (χ4v) is 4.07. The number of carbonyl (C=O) groups excluding carboxylic acids is 1. The molecule has 0 saturated heterocycles. The van der Waals surface area contributed by atoms with Crippen molar-refractivity contribution >= 4 is 50.9 Å². The molecule has 25 heavy (non-hydrogen) atoms. The zero-order valence-electron chi connectivity index (χ0n) is 13.4. The Bertz CT molecular complexity index is 968. The van der Waals surface area contributed by atoms with Crippen molar-refractivity contribution in [1.82, 2.24) is 9.55 Å². The smallest absolute Gasteiger partial charge is 0.316 e. The third kappa shape index (κ3) is 4.05. The number of fused-ring (bicyclic) bond motifs is 1. The molecule has 3 rings (SSSR count). The number of aromatic nitrogens is 2. The summed E-state index contributed by atoms with van der Waals surface area (Å²) in [5.74, 6) is -0.241. The van der Waals surface area contributed by atoms with Crippen LogP contribution in [0.2, 0.25) is 5.02 Å². The van der Waals surface area contributed by atoms with Crippen LogP contribution >= 0.6 is 34.7 Å². The van der Waals surface area contributed by atoms with E-state index in [1.807, 2.05) is 23.6 Å². The Hall–Kier alpha value is -1.83. The predicted octanol–water partition coefficient (Wildman–Crippen LogP) is 3.81. The molecule has 0 aliphatic carbocycles. The van der Waals surface area contributed by atoms with Crippen molar-refractivity contribution in [3.63, 3.8) is 0 Å². The van der Waals surface area contributed by atoms with Gasteiger partial charge in [-0.25, -0.2) is 4.98 Å². The molecule has 0 amide bonds. The van der Waals surface area contributed by atoms with Crippen molar-refractivity contribution < 1.29 is 9.53 Å². The summed E-state index contributed by atoms with van der Waals surface area (Å²) < 4.78 is 7.10. The van der Waals surface area contributed by atoms with E-state index in [1.165, 1.54) is 23.1 Å². The summed E-state index contributed by atoms with van der Waals surface area (Å²) in [5.41, 5.74) is 1.32. The van der Waals surface area contributed by atoms with Crippen LogP contribution in [0.5, 0.6) is 0 Å². The molecule has 8 heteroatoms. The van der Waals surface area contributed by atoms with Crippen LogP contribution in [0.25, 0.3) is 10.2 Å². The van der Waals surface area contributed by atoms with E-state index in [1.54, 1.807) is 23.6 Å². The molecule has 5 nitrogen and oxygen atoms in total. The highest BCUT2D eigenvalue weighted by Gasteiger charge is 2.15. The quantitative estimate of drug-likeness (QED) is 0.361. The molecule has 0 spiro atoms. The Morgan fingerprint density at radius 3 is 2.92 bits per heavy atom. The molecule has 2 aromatic heterocycles. The van der Waals surface area contributed by atoms with Gasteiger partial charge in [0, 0.05) is 5.02 Å². The second-order valence-electron chi connectivity index (χ2n) is 5.11. The summed E-state index contributed by atoms with van der Waals surface area (Å²) in [6, 6.07) is 9.16. The van der Waals surface area contributed by atoms with Gasteiger partial charge in [0.15, 0.2) is 5.16 Å². The van der Waals surface area contributed by atoms with E-state index in [0.717, 1.165) is 5.56 Å². The molecule has 0 unspecified atom stereocenters.